The number of amides is 1. The van der Waals surface area contributed by atoms with Crippen LogP contribution in [0.2, 0.25) is 0 Å². The Labute approximate surface area is 130 Å². The number of piperazine rings is 1. The maximum atomic E-state index is 12.2. The Kier molecular flexibility index (Phi) is 5.77. The predicted octanol–water partition coefficient (Wildman–Crippen LogP) is 1.15. The summed E-state index contributed by atoms with van der Waals surface area (Å²) >= 11 is 0. The molecule has 0 saturated carbocycles. The number of rotatable bonds is 4. The first-order chi connectivity index (χ1) is 10.6. The Bertz CT molecular complexity index is 498. The Hall–Kier alpha value is -2.08. The van der Waals surface area contributed by atoms with E-state index in [9.17, 15) is 9.59 Å². The van der Waals surface area contributed by atoms with Crippen LogP contribution in [-0.2, 0) is 20.7 Å². The van der Waals surface area contributed by atoms with E-state index in [0.717, 1.165) is 18.7 Å². The van der Waals surface area contributed by atoms with Gasteiger partial charge in [-0.15, -0.1) is 0 Å². The number of ether oxygens (including phenoxy) is 2. The fourth-order valence-electron chi connectivity index (χ4n) is 2.32. The second kappa shape index (κ2) is 7.79. The predicted molar refractivity (Wildman–Crippen MR) is 81.5 cm³/mol. The van der Waals surface area contributed by atoms with E-state index in [1.54, 1.807) is 4.90 Å². The van der Waals surface area contributed by atoms with E-state index in [2.05, 4.69) is 4.90 Å². The summed E-state index contributed by atoms with van der Waals surface area (Å²) in [6, 6.07) is 9.43. The topological polar surface area (TPSA) is 59.1 Å². The molecule has 1 aromatic carbocycles. The van der Waals surface area contributed by atoms with Gasteiger partial charge in [-0.1, -0.05) is 30.3 Å². The van der Waals surface area contributed by atoms with Crippen molar-refractivity contribution in [1.82, 2.24) is 9.80 Å². The van der Waals surface area contributed by atoms with Crippen LogP contribution in [0.3, 0.4) is 0 Å². The van der Waals surface area contributed by atoms with Gasteiger partial charge in [-0.25, -0.2) is 9.59 Å². The summed E-state index contributed by atoms with van der Waals surface area (Å²) in [5.74, 6) is -0.536. The van der Waals surface area contributed by atoms with Crippen molar-refractivity contribution in [2.75, 3.05) is 40.3 Å². The first-order valence-corrected chi connectivity index (χ1v) is 7.36. The minimum atomic E-state index is -0.917. The largest absolute Gasteiger partial charge is 0.466 e. The van der Waals surface area contributed by atoms with Crippen molar-refractivity contribution in [1.29, 1.82) is 0 Å². The number of nitrogens with zero attached hydrogens (tertiary/aromatic N) is 2. The third-order valence-electron chi connectivity index (χ3n) is 3.73. The molecule has 0 N–H and O–H groups in total. The average molecular weight is 306 g/mol. The molecule has 0 bridgehead atoms. The zero-order valence-corrected chi connectivity index (χ0v) is 13.0. The fraction of sp³-hybridized carbons (Fsp3) is 0.500. The van der Waals surface area contributed by atoms with Crippen LogP contribution in [-0.4, -0.2) is 68.3 Å². The van der Waals surface area contributed by atoms with Gasteiger partial charge in [-0.2, -0.15) is 0 Å². The fourth-order valence-corrected chi connectivity index (χ4v) is 2.32. The Morgan fingerprint density at radius 2 is 1.77 bits per heavy atom. The lowest BCUT2D eigenvalue weighted by molar-refractivity contribution is -0.151. The van der Waals surface area contributed by atoms with E-state index < -0.39 is 18.2 Å². The third kappa shape index (κ3) is 4.46. The van der Waals surface area contributed by atoms with Crippen molar-refractivity contribution >= 4 is 12.1 Å². The molecule has 0 aromatic heterocycles. The summed E-state index contributed by atoms with van der Waals surface area (Å²) in [5, 5.41) is 0. The summed E-state index contributed by atoms with van der Waals surface area (Å²) in [5.41, 5.74) is 0.920. The van der Waals surface area contributed by atoms with Crippen LogP contribution < -0.4 is 0 Å². The van der Waals surface area contributed by atoms with E-state index in [0.29, 0.717) is 19.5 Å². The van der Waals surface area contributed by atoms with E-state index in [-0.39, 0.29) is 0 Å². The Morgan fingerprint density at radius 3 is 2.36 bits per heavy atom. The SMILES string of the molecule is COC(=O)[C@H](Cc1ccccc1)OC(=O)N1CCN(C)CC1. The number of carbonyl (C=O) groups excluding carboxylic acids is 2. The molecule has 0 radical (unpaired) electrons. The van der Waals surface area contributed by atoms with Gasteiger partial charge in [0, 0.05) is 32.6 Å². The molecule has 1 aliphatic heterocycles. The summed E-state index contributed by atoms with van der Waals surface area (Å²) < 4.78 is 10.1. The molecular weight excluding hydrogens is 284 g/mol. The smallest absolute Gasteiger partial charge is 0.410 e. The summed E-state index contributed by atoms with van der Waals surface area (Å²) in [7, 11) is 3.30. The Morgan fingerprint density at radius 1 is 1.14 bits per heavy atom. The lowest BCUT2D eigenvalue weighted by atomic mass is 10.1. The number of methoxy groups -OCH3 is 1. The molecule has 1 fully saturated rings. The standard InChI is InChI=1S/C16H22N2O4/c1-17-8-10-18(11-9-17)16(20)22-14(15(19)21-2)12-13-6-4-3-5-7-13/h3-7,14H,8-12H2,1-2H3/t14-/m0/s1. The molecule has 1 saturated heterocycles. The summed E-state index contributed by atoms with van der Waals surface area (Å²) in [6.07, 6.45) is -1.06. The van der Waals surface area contributed by atoms with Gasteiger partial charge < -0.3 is 19.3 Å². The average Bonchev–Trinajstić information content (AvgIpc) is 2.55. The number of hydrogen-bond acceptors (Lipinski definition) is 5. The Balaban J connectivity index is 1.97. The zero-order valence-electron chi connectivity index (χ0n) is 13.0. The van der Waals surface area contributed by atoms with Crippen molar-refractivity contribution in [2.45, 2.75) is 12.5 Å². The number of esters is 1. The van der Waals surface area contributed by atoms with Crippen molar-refractivity contribution < 1.29 is 19.1 Å². The first-order valence-electron chi connectivity index (χ1n) is 7.36. The van der Waals surface area contributed by atoms with Crippen LogP contribution in [0.5, 0.6) is 0 Å². The van der Waals surface area contributed by atoms with Crippen molar-refractivity contribution in [3.05, 3.63) is 35.9 Å². The van der Waals surface area contributed by atoms with Gasteiger partial charge in [0.05, 0.1) is 7.11 Å². The van der Waals surface area contributed by atoms with Crippen LogP contribution in [0, 0.1) is 0 Å². The van der Waals surface area contributed by atoms with Gasteiger partial charge in [-0.05, 0) is 12.6 Å². The zero-order chi connectivity index (χ0) is 15.9. The second-order valence-electron chi connectivity index (χ2n) is 5.38. The van der Waals surface area contributed by atoms with Crippen LogP contribution in [0.1, 0.15) is 5.56 Å². The molecule has 1 aromatic rings. The van der Waals surface area contributed by atoms with Crippen molar-refractivity contribution in [2.24, 2.45) is 0 Å². The molecule has 1 heterocycles. The molecule has 22 heavy (non-hydrogen) atoms. The van der Waals surface area contributed by atoms with Crippen LogP contribution in [0.15, 0.2) is 30.3 Å². The van der Waals surface area contributed by atoms with Gasteiger partial charge in [0.15, 0.2) is 0 Å². The first kappa shape index (κ1) is 16.3. The molecule has 120 valence electrons. The molecule has 6 heteroatoms. The quantitative estimate of drug-likeness (QED) is 0.781. The molecule has 6 nitrogen and oxygen atoms in total. The molecular formula is C16H22N2O4. The van der Waals surface area contributed by atoms with Gasteiger partial charge >= 0.3 is 12.1 Å². The molecule has 0 aliphatic carbocycles. The minimum Gasteiger partial charge on any atom is -0.466 e. The van der Waals surface area contributed by atoms with Crippen molar-refractivity contribution in [3.8, 4) is 0 Å². The molecule has 1 amide bonds. The normalized spacial score (nSPS) is 16.9. The van der Waals surface area contributed by atoms with E-state index in [1.807, 2.05) is 37.4 Å². The molecule has 2 rings (SSSR count). The summed E-state index contributed by atoms with van der Waals surface area (Å²) in [4.78, 5) is 27.8. The molecule has 1 aliphatic rings. The lowest BCUT2D eigenvalue weighted by Gasteiger charge is -2.32. The molecule has 0 unspecified atom stereocenters. The third-order valence-corrected chi connectivity index (χ3v) is 3.73. The second-order valence-corrected chi connectivity index (χ2v) is 5.38. The van der Waals surface area contributed by atoms with E-state index >= 15 is 0 Å². The van der Waals surface area contributed by atoms with Crippen LogP contribution >= 0.6 is 0 Å². The monoisotopic (exact) mass is 306 g/mol. The van der Waals surface area contributed by atoms with Crippen LogP contribution in [0.4, 0.5) is 4.79 Å². The van der Waals surface area contributed by atoms with Gasteiger partial charge in [0.25, 0.3) is 0 Å². The highest BCUT2D eigenvalue weighted by Crippen LogP contribution is 2.10. The molecule has 0 spiro atoms. The minimum absolute atomic E-state index is 0.312. The maximum Gasteiger partial charge on any atom is 0.410 e. The van der Waals surface area contributed by atoms with Gasteiger partial charge in [-0.3, -0.25) is 0 Å². The van der Waals surface area contributed by atoms with Gasteiger partial charge in [0.2, 0.25) is 6.10 Å². The number of carbonyl (C=O) groups is 2. The van der Waals surface area contributed by atoms with E-state index in [4.69, 9.17) is 9.47 Å². The lowest BCUT2D eigenvalue weighted by Crippen LogP contribution is -2.48. The maximum absolute atomic E-state index is 12.2. The molecule has 1 atom stereocenters. The van der Waals surface area contributed by atoms with Crippen molar-refractivity contribution in [3.63, 3.8) is 0 Å². The van der Waals surface area contributed by atoms with E-state index in [1.165, 1.54) is 7.11 Å². The number of benzene rings is 1. The highest BCUT2D eigenvalue weighted by molar-refractivity contribution is 5.79. The highest BCUT2D eigenvalue weighted by atomic mass is 16.6. The number of likely N-dealkylation sites (N-methyl/N-ethyl adjacent to an activating group) is 1. The highest BCUT2D eigenvalue weighted by Gasteiger charge is 2.28. The van der Waals surface area contributed by atoms with Crippen LogP contribution in [0.25, 0.3) is 0 Å². The van der Waals surface area contributed by atoms with Gasteiger partial charge in [0.1, 0.15) is 0 Å². The number of hydrogen-bond donors (Lipinski definition) is 0. The summed E-state index contributed by atoms with van der Waals surface area (Å²) in [6.45, 7) is 2.82.